The number of carbonyl (C=O) groups is 1. The highest BCUT2D eigenvalue weighted by Crippen LogP contribution is 2.24. The summed E-state index contributed by atoms with van der Waals surface area (Å²) < 4.78 is 13.0. The molecule has 0 fully saturated rings. The first-order valence-corrected chi connectivity index (χ1v) is 6.02. The van der Waals surface area contributed by atoms with Gasteiger partial charge in [0.15, 0.2) is 5.78 Å². The van der Waals surface area contributed by atoms with Gasteiger partial charge in [-0.1, -0.05) is 23.7 Å². The first-order valence-electron chi connectivity index (χ1n) is 5.65. The molecular formula is C14H9ClFNO3. The minimum atomic E-state index is -0.557. The van der Waals surface area contributed by atoms with Gasteiger partial charge in [-0.25, -0.2) is 4.39 Å². The Kier molecular flexibility index (Phi) is 3.81. The molecule has 0 aliphatic rings. The van der Waals surface area contributed by atoms with E-state index in [-0.39, 0.29) is 21.8 Å². The molecule has 4 nitrogen and oxygen atoms in total. The zero-order valence-corrected chi connectivity index (χ0v) is 11.1. The Bertz CT molecular complexity index is 716. The minimum Gasteiger partial charge on any atom is -0.289 e. The van der Waals surface area contributed by atoms with E-state index in [1.54, 1.807) is 6.92 Å². The van der Waals surface area contributed by atoms with Crippen molar-refractivity contribution < 1.29 is 14.1 Å². The van der Waals surface area contributed by atoms with Gasteiger partial charge >= 0.3 is 0 Å². The van der Waals surface area contributed by atoms with Gasteiger partial charge in [0.25, 0.3) is 5.69 Å². The van der Waals surface area contributed by atoms with E-state index in [1.165, 1.54) is 24.3 Å². The minimum absolute atomic E-state index is 0.0294. The maximum atomic E-state index is 13.0. The molecule has 0 amide bonds. The Labute approximate surface area is 119 Å². The summed E-state index contributed by atoms with van der Waals surface area (Å²) in [7, 11) is 0. The molecule has 2 aromatic rings. The molecule has 2 aromatic carbocycles. The molecule has 0 aliphatic heterocycles. The van der Waals surface area contributed by atoms with Crippen LogP contribution < -0.4 is 0 Å². The standard InChI is InChI=1S/C14H9ClFNO3/c1-8-2-3-9(6-13(8)17(19)20)14(18)11-5-4-10(16)7-12(11)15/h2-7H,1H3. The third-order valence-corrected chi connectivity index (χ3v) is 3.16. The summed E-state index contributed by atoms with van der Waals surface area (Å²) in [6.45, 7) is 1.58. The number of carbonyl (C=O) groups excluding carboxylic acids is 1. The van der Waals surface area contributed by atoms with Crippen molar-refractivity contribution in [3.05, 3.63) is 74.0 Å². The van der Waals surface area contributed by atoms with Gasteiger partial charge in [-0.3, -0.25) is 14.9 Å². The summed E-state index contributed by atoms with van der Waals surface area (Å²) in [6, 6.07) is 7.55. The summed E-state index contributed by atoms with van der Waals surface area (Å²) in [4.78, 5) is 22.5. The number of hydrogen-bond donors (Lipinski definition) is 0. The number of benzene rings is 2. The molecule has 0 saturated carbocycles. The number of ketones is 1. The van der Waals surface area contributed by atoms with E-state index in [0.717, 1.165) is 12.1 Å². The Hall–Kier alpha value is -2.27. The number of hydrogen-bond acceptors (Lipinski definition) is 3. The maximum Gasteiger partial charge on any atom is 0.273 e. The van der Waals surface area contributed by atoms with Crippen molar-refractivity contribution in [2.24, 2.45) is 0 Å². The number of halogens is 2. The highest BCUT2D eigenvalue weighted by atomic mass is 35.5. The van der Waals surface area contributed by atoms with Gasteiger partial charge < -0.3 is 0 Å². The molecule has 0 saturated heterocycles. The van der Waals surface area contributed by atoms with Gasteiger partial charge in [0, 0.05) is 22.8 Å². The van der Waals surface area contributed by atoms with Gasteiger partial charge in [-0.15, -0.1) is 0 Å². The third-order valence-electron chi connectivity index (χ3n) is 2.84. The normalized spacial score (nSPS) is 10.3. The molecule has 0 radical (unpaired) electrons. The van der Waals surface area contributed by atoms with Crippen LogP contribution in [0, 0.1) is 22.9 Å². The number of nitro groups is 1. The third kappa shape index (κ3) is 2.67. The second kappa shape index (κ2) is 5.38. The lowest BCUT2D eigenvalue weighted by molar-refractivity contribution is -0.385. The fourth-order valence-corrected chi connectivity index (χ4v) is 2.03. The van der Waals surface area contributed by atoms with Crippen LogP contribution >= 0.6 is 11.6 Å². The van der Waals surface area contributed by atoms with Crippen LogP contribution in [-0.2, 0) is 0 Å². The summed E-state index contributed by atoms with van der Waals surface area (Å²) >= 11 is 5.81. The molecule has 0 bridgehead atoms. The first kappa shape index (κ1) is 14.1. The maximum absolute atomic E-state index is 13.0. The van der Waals surface area contributed by atoms with Crippen LogP contribution in [-0.4, -0.2) is 10.7 Å². The second-order valence-corrected chi connectivity index (χ2v) is 4.62. The monoisotopic (exact) mass is 293 g/mol. The molecule has 6 heteroatoms. The largest absolute Gasteiger partial charge is 0.289 e. The zero-order chi connectivity index (χ0) is 14.9. The predicted octanol–water partition coefficient (Wildman–Crippen LogP) is 3.93. The molecule has 2 rings (SSSR count). The number of nitro benzene ring substituents is 1. The number of nitrogens with zero attached hydrogens (tertiary/aromatic N) is 1. The smallest absolute Gasteiger partial charge is 0.273 e. The van der Waals surface area contributed by atoms with Crippen LogP contribution in [0.15, 0.2) is 36.4 Å². The van der Waals surface area contributed by atoms with Crippen LogP contribution in [0.25, 0.3) is 0 Å². The molecule has 0 N–H and O–H groups in total. The highest BCUT2D eigenvalue weighted by molar-refractivity contribution is 6.35. The van der Waals surface area contributed by atoms with Gasteiger partial charge in [0.05, 0.1) is 9.95 Å². The van der Waals surface area contributed by atoms with E-state index in [4.69, 9.17) is 11.6 Å². The van der Waals surface area contributed by atoms with Crippen LogP contribution in [0.3, 0.4) is 0 Å². The van der Waals surface area contributed by atoms with E-state index >= 15 is 0 Å². The Morgan fingerprint density at radius 1 is 1.25 bits per heavy atom. The fourth-order valence-electron chi connectivity index (χ4n) is 1.78. The van der Waals surface area contributed by atoms with Gasteiger partial charge in [0.1, 0.15) is 5.82 Å². The summed E-state index contributed by atoms with van der Waals surface area (Å²) in [5, 5.41) is 10.8. The average molecular weight is 294 g/mol. The number of rotatable bonds is 3. The summed E-state index contributed by atoms with van der Waals surface area (Å²) in [5.41, 5.74) is 0.549. The second-order valence-electron chi connectivity index (χ2n) is 4.21. The quantitative estimate of drug-likeness (QED) is 0.489. The summed E-state index contributed by atoms with van der Waals surface area (Å²) in [6.07, 6.45) is 0. The molecule has 0 atom stereocenters. The molecule has 102 valence electrons. The van der Waals surface area contributed by atoms with Crippen molar-refractivity contribution in [3.8, 4) is 0 Å². The van der Waals surface area contributed by atoms with Crippen molar-refractivity contribution in [2.75, 3.05) is 0 Å². The zero-order valence-electron chi connectivity index (χ0n) is 10.4. The molecular weight excluding hydrogens is 285 g/mol. The summed E-state index contributed by atoms with van der Waals surface area (Å²) in [5.74, 6) is -1.04. The van der Waals surface area contributed by atoms with E-state index in [2.05, 4.69) is 0 Å². The lowest BCUT2D eigenvalue weighted by Gasteiger charge is -2.05. The Morgan fingerprint density at radius 3 is 2.55 bits per heavy atom. The van der Waals surface area contributed by atoms with Crippen LogP contribution in [0.5, 0.6) is 0 Å². The van der Waals surface area contributed by atoms with E-state index in [0.29, 0.717) is 5.56 Å². The number of aryl methyl sites for hydroxylation is 1. The van der Waals surface area contributed by atoms with Crippen molar-refractivity contribution in [1.29, 1.82) is 0 Å². The van der Waals surface area contributed by atoms with Gasteiger partial charge in [-0.2, -0.15) is 0 Å². The fraction of sp³-hybridized carbons (Fsp3) is 0.0714. The van der Waals surface area contributed by atoms with Gasteiger partial charge in [0.2, 0.25) is 0 Å². The molecule has 0 aromatic heterocycles. The molecule has 0 aliphatic carbocycles. The predicted molar refractivity (Wildman–Crippen MR) is 72.7 cm³/mol. The van der Waals surface area contributed by atoms with Crippen molar-refractivity contribution in [2.45, 2.75) is 6.92 Å². The van der Waals surface area contributed by atoms with Crippen LogP contribution in [0.4, 0.5) is 10.1 Å². The average Bonchev–Trinajstić information content (AvgIpc) is 2.38. The van der Waals surface area contributed by atoms with E-state index in [9.17, 15) is 19.3 Å². The molecule has 0 heterocycles. The SMILES string of the molecule is Cc1ccc(C(=O)c2ccc(F)cc2Cl)cc1[N+](=O)[O-]. The van der Waals surface area contributed by atoms with Crippen LogP contribution in [0.2, 0.25) is 5.02 Å². The van der Waals surface area contributed by atoms with Crippen LogP contribution in [0.1, 0.15) is 21.5 Å². The van der Waals surface area contributed by atoms with E-state index in [1.807, 2.05) is 0 Å². The van der Waals surface area contributed by atoms with Crippen molar-refractivity contribution in [1.82, 2.24) is 0 Å². The lowest BCUT2D eigenvalue weighted by atomic mass is 10.0. The first-order chi connectivity index (χ1) is 9.40. The molecule has 20 heavy (non-hydrogen) atoms. The highest BCUT2D eigenvalue weighted by Gasteiger charge is 2.18. The Morgan fingerprint density at radius 2 is 1.95 bits per heavy atom. The lowest BCUT2D eigenvalue weighted by Crippen LogP contribution is -2.04. The van der Waals surface area contributed by atoms with E-state index < -0.39 is 16.5 Å². The Balaban J connectivity index is 2.48. The van der Waals surface area contributed by atoms with Crippen molar-refractivity contribution in [3.63, 3.8) is 0 Å². The van der Waals surface area contributed by atoms with Gasteiger partial charge in [-0.05, 0) is 25.1 Å². The molecule has 0 spiro atoms. The topological polar surface area (TPSA) is 60.2 Å². The van der Waals surface area contributed by atoms with Crippen molar-refractivity contribution >= 4 is 23.1 Å². The molecule has 0 unspecified atom stereocenters.